The van der Waals surface area contributed by atoms with E-state index in [1.165, 1.54) is 0 Å². The predicted molar refractivity (Wildman–Crippen MR) is 67.2 cm³/mol. The van der Waals surface area contributed by atoms with Crippen molar-refractivity contribution in [1.29, 1.82) is 0 Å². The number of benzene rings is 1. The SMILES string of the molecule is OC(Cc1cccc(Cl)c1Cl)C1CCCN1. The Morgan fingerprint density at radius 3 is 2.94 bits per heavy atom. The van der Waals surface area contributed by atoms with Gasteiger partial charge in [-0.3, -0.25) is 0 Å². The molecular weight excluding hydrogens is 245 g/mol. The van der Waals surface area contributed by atoms with Crippen LogP contribution in [0.2, 0.25) is 10.0 Å². The van der Waals surface area contributed by atoms with Crippen LogP contribution in [-0.2, 0) is 6.42 Å². The number of hydrogen-bond acceptors (Lipinski definition) is 2. The molecule has 1 aromatic carbocycles. The molecule has 0 saturated carbocycles. The van der Waals surface area contributed by atoms with Crippen molar-refractivity contribution in [3.8, 4) is 0 Å². The first-order valence-electron chi connectivity index (χ1n) is 5.53. The molecule has 88 valence electrons. The summed E-state index contributed by atoms with van der Waals surface area (Å²) in [5.74, 6) is 0. The number of aliphatic hydroxyl groups is 1. The molecule has 2 nitrogen and oxygen atoms in total. The Balaban J connectivity index is 2.05. The van der Waals surface area contributed by atoms with Crippen LogP contribution in [0.5, 0.6) is 0 Å². The minimum absolute atomic E-state index is 0.190. The molecule has 0 aromatic heterocycles. The molecule has 0 aliphatic carbocycles. The lowest BCUT2D eigenvalue weighted by molar-refractivity contribution is 0.136. The number of rotatable bonds is 3. The van der Waals surface area contributed by atoms with E-state index < -0.39 is 6.10 Å². The van der Waals surface area contributed by atoms with Crippen LogP contribution in [0.4, 0.5) is 0 Å². The van der Waals surface area contributed by atoms with Crippen molar-refractivity contribution in [1.82, 2.24) is 5.32 Å². The van der Waals surface area contributed by atoms with E-state index in [9.17, 15) is 5.11 Å². The first kappa shape index (κ1) is 12.2. The lowest BCUT2D eigenvalue weighted by Crippen LogP contribution is -2.36. The van der Waals surface area contributed by atoms with Crippen LogP contribution in [0.15, 0.2) is 18.2 Å². The molecule has 2 rings (SSSR count). The summed E-state index contributed by atoms with van der Waals surface area (Å²) in [5, 5.41) is 14.4. The van der Waals surface area contributed by atoms with Crippen molar-refractivity contribution in [2.75, 3.05) is 6.54 Å². The molecule has 2 unspecified atom stereocenters. The van der Waals surface area contributed by atoms with Crippen molar-refractivity contribution >= 4 is 23.2 Å². The van der Waals surface area contributed by atoms with E-state index in [4.69, 9.17) is 23.2 Å². The molecule has 1 fully saturated rings. The smallest absolute Gasteiger partial charge is 0.0733 e. The van der Waals surface area contributed by atoms with Crippen molar-refractivity contribution in [3.05, 3.63) is 33.8 Å². The van der Waals surface area contributed by atoms with Crippen molar-refractivity contribution < 1.29 is 5.11 Å². The second kappa shape index (κ2) is 5.37. The van der Waals surface area contributed by atoms with E-state index in [0.717, 1.165) is 24.9 Å². The second-order valence-electron chi connectivity index (χ2n) is 4.19. The second-order valence-corrected chi connectivity index (χ2v) is 4.97. The Labute approximate surface area is 106 Å². The van der Waals surface area contributed by atoms with Crippen molar-refractivity contribution in [2.24, 2.45) is 0 Å². The Bertz CT molecular complexity index is 364. The summed E-state index contributed by atoms with van der Waals surface area (Å²) in [4.78, 5) is 0. The zero-order valence-corrected chi connectivity index (χ0v) is 10.4. The third-order valence-electron chi connectivity index (χ3n) is 3.02. The zero-order chi connectivity index (χ0) is 11.5. The topological polar surface area (TPSA) is 32.3 Å². The first-order chi connectivity index (χ1) is 7.68. The summed E-state index contributed by atoms with van der Waals surface area (Å²) in [6, 6.07) is 5.72. The van der Waals surface area contributed by atoms with E-state index in [-0.39, 0.29) is 6.04 Å². The van der Waals surface area contributed by atoms with Crippen molar-refractivity contribution in [3.63, 3.8) is 0 Å². The third kappa shape index (κ3) is 2.69. The molecule has 1 aliphatic rings. The molecule has 0 bridgehead atoms. The average molecular weight is 260 g/mol. The van der Waals surface area contributed by atoms with Gasteiger partial charge in [0.15, 0.2) is 0 Å². The number of aliphatic hydroxyl groups excluding tert-OH is 1. The molecule has 4 heteroatoms. The van der Waals surface area contributed by atoms with Gasteiger partial charge >= 0.3 is 0 Å². The maximum Gasteiger partial charge on any atom is 0.0733 e. The molecule has 2 N–H and O–H groups in total. The van der Waals surface area contributed by atoms with Gasteiger partial charge in [0.2, 0.25) is 0 Å². The third-order valence-corrected chi connectivity index (χ3v) is 3.88. The Morgan fingerprint density at radius 2 is 2.25 bits per heavy atom. The highest BCUT2D eigenvalue weighted by atomic mass is 35.5. The Hall–Kier alpha value is -0.280. The standard InChI is InChI=1S/C12H15Cl2NO/c13-9-4-1-3-8(12(9)14)7-11(16)10-5-2-6-15-10/h1,3-4,10-11,15-16H,2,5-7H2. The summed E-state index contributed by atoms with van der Waals surface area (Å²) in [6.07, 6.45) is 2.32. The minimum atomic E-state index is -0.390. The van der Waals surface area contributed by atoms with Gasteiger partial charge in [-0.2, -0.15) is 0 Å². The largest absolute Gasteiger partial charge is 0.391 e. The highest BCUT2D eigenvalue weighted by Gasteiger charge is 2.23. The van der Waals surface area contributed by atoms with Gasteiger partial charge in [0, 0.05) is 12.5 Å². The maximum atomic E-state index is 10.1. The van der Waals surface area contributed by atoms with Gasteiger partial charge in [0.25, 0.3) is 0 Å². The lowest BCUT2D eigenvalue weighted by atomic mass is 10.0. The summed E-state index contributed by atoms with van der Waals surface area (Å²) in [6.45, 7) is 0.991. The average Bonchev–Trinajstić information content (AvgIpc) is 2.78. The molecule has 1 aliphatic heterocycles. The molecular formula is C12H15Cl2NO. The fourth-order valence-corrected chi connectivity index (χ4v) is 2.51. The molecule has 16 heavy (non-hydrogen) atoms. The molecule has 0 spiro atoms. The fraction of sp³-hybridized carbons (Fsp3) is 0.500. The van der Waals surface area contributed by atoms with E-state index >= 15 is 0 Å². The highest BCUT2D eigenvalue weighted by molar-refractivity contribution is 6.42. The van der Waals surface area contributed by atoms with Gasteiger partial charge in [0.1, 0.15) is 0 Å². The first-order valence-corrected chi connectivity index (χ1v) is 6.28. The van der Waals surface area contributed by atoms with Gasteiger partial charge in [-0.1, -0.05) is 35.3 Å². The Kier molecular flexibility index (Phi) is 4.09. The van der Waals surface area contributed by atoms with Crippen LogP contribution in [0.3, 0.4) is 0 Å². The van der Waals surface area contributed by atoms with Crippen LogP contribution >= 0.6 is 23.2 Å². The van der Waals surface area contributed by atoms with Crippen LogP contribution in [0.25, 0.3) is 0 Å². The molecule has 0 amide bonds. The van der Waals surface area contributed by atoms with Gasteiger partial charge < -0.3 is 10.4 Å². The van der Waals surface area contributed by atoms with Crippen LogP contribution < -0.4 is 5.32 Å². The van der Waals surface area contributed by atoms with Crippen LogP contribution in [0, 0.1) is 0 Å². The minimum Gasteiger partial charge on any atom is -0.391 e. The lowest BCUT2D eigenvalue weighted by Gasteiger charge is -2.19. The quantitative estimate of drug-likeness (QED) is 0.875. The predicted octanol–water partition coefficient (Wildman–Crippen LogP) is 2.65. The maximum absolute atomic E-state index is 10.1. The molecule has 1 aromatic rings. The molecule has 1 saturated heterocycles. The monoisotopic (exact) mass is 259 g/mol. The van der Waals surface area contributed by atoms with E-state index in [0.29, 0.717) is 16.5 Å². The van der Waals surface area contributed by atoms with E-state index in [2.05, 4.69) is 5.32 Å². The van der Waals surface area contributed by atoms with Crippen molar-refractivity contribution in [2.45, 2.75) is 31.4 Å². The molecule has 1 heterocycles. The zero-order valence-electron chi connectivity index (χ0n) is 8.92. The van der Waals surface area contributed by atoms with Crippen LogP contribution in [0.1, 0.15) is 18.4 Å². The molecule has 2 atom stereocenters. The summed E-state index contributed by atoms with van der Waals surface area (Å²) in [7, 11) is 0. The summed E-state index contributed by atoms with van der Waals surface area (Å²) in [5.41, 5.74) is 0.912. The fourth-order valence-electron chi connectivity index (χ4n) is 2.11. The highest BCUT2D eigenvalue weighted by Crippen LogP contribution is 2.27. The van der Waals surface area contributed by atoms with Gasteiger partial charge in [-0.15, -0.1) is 0 Å². The van der Waals surface area contributed by atoms with Gasteiger partial charge in [0.05, 0.1) is 16.1 Å². The Morgan fingerprint density at radius 1 is 1.44 bits per heavy atom. The number of hydrogen-bond donors (Lipinski definition) is 2. The normalized spacial score (nSPS) is 22.3. The molecule has 0 radical (unpaired) electrons. The summed E-state index contributed by atoms with van der Waals surface area (Å²) >= 11 is 12.0. The summed E-state index contributed by atoms with van der Waals surface area (Å²) < 4.78 is 0. The number of nitrogens with one attached hydrogen (secondary N) is 1. The van der Waals surface area contributed by atoms with E-state index in [1.54, 1.807) is 6.07 Å². The number of halogens is 2. The van der Waals surface area contributed by atoms with Gasteiger partial charge in [-0.25, -0.2) is 0 Å². The van der Waals surface area contributed by atoms with Gasteiger partial charge in [-0.05, 0) is 31.0 Å². The van der Waals surface area contributed by atoms with Crippen LogP contribution in [-0.4, -0.2) is 23.8 Å². The van der Waals surface area contributed by atoms with E-state index in [1.807, 2.05) is 12.1 Å².